The molecule has 1 aliphatic heterocycles. The van der Waals surface area contributed by atoms with E-state index in [0.29, 0.717) is 0 Å². The van der Waals surface area contributed by atoms with Crippen LogP contribution in [0.3, 0.4) is 0 Å². The van der Waals surface area contributed by atoms with Gasteiger partial charge in [0.2, 0.25) is 4.77 Å². The molecule has 1 aromatic heterocycles. The standard InChI is InChI=1S/C18H26N4S/c1-4-16-9-5-6-11-20(16)13-21-18(23)22(15(3)19-21)17-10-7-8-14(2)12-17/h7-8,10,12,16H,4-6,9,11,13H2,1-3H3/p+1/t16-/m1/s1. The fourth-order valence-electron chi connectivity index (χ4n) is 3.73. The number of nitrogens with zero attached hydrogens (tertiary/aromatic N) is 3. The molecule has 2 aromatic rings. The molecule has 1 aromatic carbocycles. The molecule has 23 heavy (non-hydrogen) atoms. The monoisotopic (exact) mass is 331 g/mol. The molecule has 5 heteroatoms. The van der Waals surface area contributed by atoms with Gasteiger partial charge in [-0.3, -0.25) is 4.57 Å². The molecule has 1 saturated heterocycles. The van der Waals surface area contributed by atoms with Crippen LogP contribution in [0.2, 0.25) is 0 Å². The highest BCUT2D eigenvalue weighted by Crippen LogP contribution is 2.14. The Balaban J connectivity index is 1.90. The van der Waals surface area contributed by atoms with Gasteiger partial charge in [-0.25, -0.2) is 0 Å². The third-order valence-corrected chi connectivity index (χ3v) is 5.38. The molecule has 2 heterocycles. The van der Waals surface area contributed by atoms with Crippen molar-refractivity contribution in [3.8, 4) is 5.69 Å². The van der Waals surface area contributed by atoms with E-state index in [-0.39, 0.29) is 0 Å². The zero-order chi connectivity index (χ0) is 16.4. The van der Waals surface area contributed by atoms with E-state index in [0.717, 1.165) is 29.0 Å². The molecule has 124 valence electrons. The molecule has 0 spiro atoms. The van der Waals surface area contributed by atoms with E-state index in [9.17, 15) is 0 Å². The predicted octanol–water partition coefficient (Wildman–Crippen LogP) is 2.83. The number of aryl methyl sites for hydroxylation is 2. The number of likely N-dealkylation sites (tertiary alicyclic amines) is 1. The van der Waals surface area contributed by atoms with Crippen molar-refractivity contribution in [1.29, 1.82) is 0 Å². The lowest BCUT2D eigenvalue weighted by Gasteiger charge is -2.31. The highest BCUT2D eigenvalue weighted by molar-refractivity contribution is 7.71. The van der Waals surface area contributed by atoms with Crippen molar-refractivity contribution in [3.63, 3.8) is 0 Å². The van der Waals surface area contributed by atoms with Crippen molar-refractivity contribution in [3.05, 3.63) is 40.4 Å². The molecule has 1 N–H and O–H groups in total. The summed E-state index contributed by atoms with van der Waals surface area (Å²) in [6, 6.07) is 9.19. The molecule has 1 fully saturated rings. The Hall–Kier alpha value is -1.46. The average molecular weight is 332 g/mol. The summed E-state index contributed by atoms with van der Waals surface area (Å²) in [7, 11) is 0. The Bertz CT molecular complexity index is 731. The number of hydrogen-bond donors (Lipinski definition) is 1. The van der Waals surface area contributed by atoms with Crippen LogP contribution in [0.4, 0.5) is 0 Å². The molecule has 0 bridgehead atoms. The van der Waals surface area contributed by atoms with Gasteiger partial charge in [0, 0.05) is 5.69 Å². The summed E-state index contributed by atoms with van der Waals surface area (Å²) in [6.07, 6.45) is 5.25. The maximum absolute atomic E-state index is 5.73. The number of quaternary nitrogens is 1. The second-order valence-corrected chi connectivity index (χ2v) is 7.04. The van der Waals surface area contributed by atoms with Crippen LogP contribution in [0.1, 0.15) is 44.0 Å². The van der Waals surface area contributed by atoms with Crippen LogP contribution in [0.5, 0.6) is 0 Å². The second-order valence-electron chi connectivity index (χ2n) is 6.67. The van der Waals surface area contributed by atoms with Crippen molar-refractivity contribution in [2.24, 2.45) is 0 Å². The first kappa shape index (κ1) is 16.4. The second kappa shape index (κ2) is 6.97. The molecule has 0 aliphatic carbocycles. The van der Waals surface area contributed by atoms with Crippen molar-refractivity contribution < 1.29 is 4.90 Å². The van der Waals surface area contributed by atoms with Crippen LogP contribution < -0.4 is 4.90 Å². The zero-order valence-corrected chi connectivity index (χ0v) is 15.2. The predicted molar refractivity (Wildman–Crippen MR) is 95.6 cm³/mol. The zero-order valence-electron chi connectivity index (χ0n) is 14.4. The fourth-order valence-corrected chi connectivity index (χ4v) is 4.07. The Labute approximate surface area is 143 Å². The first-order valence-corrected chi connectivity index (χ1v) is 9.09. The van der Waals surface area contributed by atoms with Gasteiger partial charge in [0.25, 0.3) is 0 Å². The molecule has 1 unspecified atom stereocenters. The third kappa shape index (κ3) is 3.40. The number of aromatic nitrogens is 3. The third-order valence-electron chi connectivity index (χ3n) is 4.98. The van der Waals surface area contributed by atoms with Crippen molar-refractivity contribution in [2.75, 3.05) is 6.54 Å². The summed E-state index contributed by atoms with van der Waals surface area (Å²) < 4.78 is 4.92. The first-order valence-electron chi connectivity index (χ1n) is 8.68. The molecule has 2 atom stereocenters. The van der Waals surface area contributed by atoms with Crippen LogP contribution in [0.15, 0.2) is 24.3 Å². The summed E-state index contributed by atoms with van der Waals surface area (Å²) >= 11 is 5.73. The lowest BCUT2D eigenvalue weighted by molar-refractivity contribution is -0.953. The Morgan fingerprint density at radius 3 is 2.87 bits per heavy atom. The van der Waals surface area contributed by atoms with Gasteiger partial charge in [0.15, 0.2) is 6.67 Å². The Morgan fingerprint density at radius 1 is 1.30 bits per heavy atom. The molecule has 4 nitrogen and oxygen atoms in total. The minimum atomic E-state index is 0.745. The summed E-state index contributed by atoms with van der Waals surface area (Å²) in [5, 5.41) is 4.73. The number of piperidine rings is 1. The number of nitrogens with one attached hydrogen (secondary N) is 1. The first-order chi connectivity index (χ1) is 11.1. The molecular formula is C18H27N4S+. The van der Waals surface area contributed by atoms with E-state index in [2.05, 4.69) is 42.7 Å². The number of hydrogen-bond acceptors (Lipinski definition) is 2. The van der Waals surface area contributed by atoms with E-state index in [1.807, 2.05) is 11.6 Å². The van der Waals surface area contributed by atoms with Gasteiger partial charge < -0.3 is 4.90 Å². The van der Waals surface area contributed by atoms with E-state index < -0.39 is 0 Å². The van der Waals surface area contributed by atoms with Gasteiger partial charge in [0.05, 0.1) is 12.6 Å². The van der Waals surface area contributed by atoms with Crippen LogP contribution in [0, 0.1) is 18.6 Å². The summed E-state index contributed by atoms with van der Waals surface area (Å²) in [4.78, 5) is 1.63. The lowest BCUT2D eigenvalue weighted by atomic mass is 10.0. The van der Waals surface area contributed by atoms with Crippen molar-refractivity contribution in [1.82, 2.24) is 14.3 Å². The van der Waals surface area contributed by atoms with Crippen molar-refractivity contribution in [2.45, 2.75) is 59.2 Å². The quantitative estimate of drug-likeness (QED) is 0.872. The van der Waals surface area contributed by atoms with Crippen molar-refractivity contribution >= 4 is 12.2 Å². The van der Waals surface area contributed by atoms with E-state index in [1.165, 1.54) is 37.8 Å². The van der Waals surface area contributed by atoms with E-state index in [1.54, 1.807) is 4.90 Å². The van der Waals surface area contributed by atoms with Crippen LogP contribution >= 0.6 is 12.2 Å². The Morgan fingerprint density at radius 2 is 2.13 bits per heavy atom. The lowest BCUT2D eigenvalue weighted by Crippen LogP contribution is -3.15. The van der Waals surface area contributed by atoms with Gasteiger partial charge in [-0.15, -0.1) is 0 Å². The number of benzene rings is 1. The highest BCUT2D eigenvalue weighted by atomic mass is 32.1. The highest BCUT2D eigenvalue weighted by Gasteiger charge is 2.25. The molecule has 0 saturated carbocycles. The van der Waals surface area contributed by atoms with Gasteiger partial charge in [0.1, 0.15) is 5.82 Å². The van der Waals surface area contributed by atoms with Gasteiger partial charge in [-0.05, 0) is 69.4 Å². The van der Waals surface area contributed by atoms with E-state index in [4.69, 9.17) is 17.3 Å². The maximum Gasteiger partial charge on any atom is 0.207 e. The Kier molecular flexibility index (Phi) is 4.97. The molecule has 3 rings (SSSR count). The SMILES string of the molecule is CC[C@@H]1CCCC[NH+]1Cn1nc(C)n(-c2cccc(C)c2)c1=S. The van der Waals surface area contributed by atoms with E-state index >= 15 is 0 Å². The average Bonchev–Trinajstić information content (AvgIpc) is 2.82. The topological polar surface area (TPSA) is 27.2 Å². The fraction of sp³-hybridized carbons (Fsp3) is 0.556. The largest absolute Gasteiger partial charge is 0.314 e. The summed E-state index contributed by atoms with van der Waals surface area (Å²) in [5.74, 6) is 0.963. The number of rotatable bonds is 4. The summed E-state index contributed by atoms with van der Waals surface area (Å²) in [6.45, 7) is 8.56. The minimum Gasteiger partial charge on any atom is -0.314 e. The minimum absolute atomic E-state index is 0.745. The normalized spacial score (nSPS) is 21.5. The smallest absolute Gasteiger partial charge is 0.207 e. The molecule has 1 aliphatic rings. The van der Waals surface area contributed by atoms with Gasteiger partial charge in [-0.1, -0.05) is 19.1 Å². The van der Waals surface area contributed by atoms with Gasteiger partial charge in [-0.2, -0.15) is 9.78 Å². The molecular weight excluding hydrogens is 304 g/mol. The molecule has 0 amide bonds. The van der Waals surface area contributed by atoms with Crippen LogP contribution in [-0.4, -0.2) is 26.9 Å². The summed E-state index contributed by atoms with van der Waals surface area (Å²) in [5.41, 5.74) is 2.35. The maximum atomic E-state index is 5.73. The molecule has 0 radical (unpaired) electrons. The van der Waals surface area contributed by atoms with Gasteiger partial charge >= 0.3 is 0 Å². The van der Waals surface area contributed by atoms with Crippen LogP contribution in [-0.2, 0) is 6.67 Å². The van der Waals surface area contributed by atoms with Crippen LogP contribution in [0.25, 0.3) is 5.69 Å².